The zero-order valence-corrected chi connectivity index (χ0v) is 14.3. The lowest BCUT2D eigenvalue weighted by molar-refractivity contribution is -0.128. The number of benzene rings is 2. The second kappa shape index (κ2) is 8.10. The Bertz CT molecular complexity index is 767. The molecule has 0 aromatic heterocycles. The van der Waals surface area contributed by atoms with Crippen LogP contribution in [0.25, 0.3) is 0 Å². The zero-order chi connectivity index (χ0) is 18.4. The summed E-state index contributed by atoms with van der Waals surface area (Å²) in [5.41, 5.74) is 6.72. The third-order valence-electron chi connectivity index (χ3n) is 3.56. The lowest BCUT2D eigenvalue weighted by atomic mass is 10.1. The molecule has 0 radical (unpaired) electrons. The van der Waals surface area contributed by atoms with E-state index in [4.69, 9.17) is 4.74 Å². The predicted molar refractivity (Wildman–Crippen MR) is 93.3 cm³/mol. The van der Waals surface area contributed by atoms with E-state index in [0.717, 1.165) is 5.56 Å². The second-order valence-corrected chi connectivity index (χ2v) is 5.65. The highest BCUT2D eigenvalue weighted by molar-refractivity contribution is 5.96. The number of ketones is 1. The van der Waals surface area contributed by atoms with Crippen LogP contribution in [-0.2, 0) is 4.79 Å². The van der Waals surface area contributed by atoms with E-state index in [9.17, 15) is 14.4 Å². The van der Waals surface area contributed by atoms with Crippen LogP contribution in [0.1, 0.15) is 40.1 Å². The zero-order valence-electron chi connectivity index (χ0n) is 14.3. The van der Waals surface area contributed by atoms with Crippen molar-refractivity contribution in [2.24, 2.45) is 0 Å². The number of carbonyl (C=O) groups is 3. The van der Waals surface area contributed by atoms with Gasteiger partial charge in [-0.05, 0) is 57.2 Å². The SMILES string of the molecule is CC(=O)c1ccc(OC(C)C(=O)NNC(=O)c2ccc(C)cc2)cc1. The van der Waals surface area contributed by atoms with Gasteiger partial charge in [0.05, 0.1) is 0 Å². The van der Waals surface area contributed by atoms with Crippen molar-refractivity contribution in [2.45, 2.75) is 26.9 Å². The summed E-state index contributed by atoms with van der Waals surface area (Å²) in [6, 6.07) is 13.5. The Morgan fingerprint density at radius 3 is 2.00 bits per heavy atom. The van der Waals surface area contributed by atoms with E-state index in [0.29, 0.717) is 16.9 Å². The molecule has 2 N–H and O–H groups in total. The van der Waals surface area contributed by atoms with E-state index in [-0.39, 0.29) is 5.78 Å². The smallest absolute Gasteiger partial charge is 0.279 e. The minimum absolute atomic E-state index is 0.0452. The molecule has 1 atom stereocenters. The molecular weight excluding hydrogens is 320 g/mol. The number of amides is 2. The normalized spacial score (nSPS) is 11.3. The number of carbonyl (C=O) groups excluding carboxylic acids is 3. The number of aryl methyl sites for hydroxylation is 1. The fraction of sp³-hybridized carbons (Fsp3) is 0.211. The average molecular weight is 340 g/mol. The van der Waals surface area contributed by atoms with Crippen LogP contribution in [0.3, 0.4) is 0 Å². The van der Waals surface area contributed by atoms with Crippen molar-refractivity contribution in [3.63, 3.8) is 0 Å². The monoisotopic (exact) mass is 340 g/mol. The lowest BCUT2D eigenvalue weighted by Gasteiger charge is -2.15. The summed E-state index contributed by atoms with van der Waals surface area (Å²) in [4.78, 5) is 35.2. The standard InChI is InChI=1S/C19H20N2O4/c1-12-4-6-16(7-5-12)19(24)21-20-18(23)14(3)25-17-10-8-15(9-11-17)13(2)22/h4-11,14H,1-3H3,(H,20,23)(H,21,24). The van der Waals surface area contributed by atoms with Crippen LogP contribution in [0.4, 0.5) is 0 Å². The number of hydrogen-bond acceptors (Lipinski definition) is 4. The maximum Gasteiger partial charge on any atom is 0.279 e. The topological polar surface area (TPSA) is 84.5 Å². The first-order valence-electron chi connectivity index (χ1n) is 7.81. The highest BCUT2D eigenvalue weighted by Gasteiger charge is 2.16. The van der Waals surface area contributed by atoms with Gasteiger partial charge < -0.3 is 4.74 Å². The highest BCUT2D eigenvalue weighted by Crippen LogP contribution is 2.14. The molecule has 25 heavy (non-hydrogen) atoms. The minimum Gasteiger partial charge on any atom is -0.481 e. The molecule has 0 saturated carbocycles. The van der Waals surface area contributed by atoms with Gasteiger partial charge in [-0.15, -0.1) is 0 Å². The molecule has 0 heterocycles. The van der Waals surface area contributed by atoms with Gasteiger partial charge in [0, 0.05) is 11.1 Å². The van der Waals surface area contributed by atoms with Crippen LogP contribution in [0.2, 0.25) is 0 Å². The second-order valence-electron chi connectivity index (χ2n) is 5.65. The summed E-state index contributed by atoms with van der Waals surface area (Å²) in [6.07, 6.45) is -0.818. The number of Topliss-reactive ketones (excluding diaryl/α,β-unsaturated/α-hetero) is 1. The van der Waals surface area contributed by atoms with Crippen LogP contribution in [0, 0.1) is 6.92 Å². The number of nitrogens with one attached hydrogen (secondary N) is 2. The summed E-state index contributed by atoms with van der Waals surface area (Å²) in [5.74, 6) is -0.490. The molecule has 0 bridgehead atoms. The van der Waals surface area contributed by atoms with Crippen LogP contribution < -0.4 is 15.6 Å². The molecule has 0 saturated heterocycles. The van der Waals surface area contributed by atoms with Crippen LogP contribution in [0.15, 0.2) is 48.5 Å². The van der Waals surface area contributed by atoms with Crippen molar-refractivity contribution in [2.75, 3.05) is 0 Å². The largest absolute Gasteiger partial charge is 0.481 e. The summed E-state index contributed by atoms with van der Waals surface area (Å²) in [7, 11) is 0. The van der Waals surface area contributed by atoms with Gasteiger partial charge in [-0.25, -0.2) is 0 Å². The third-order valence-corrected chi connectivity index (χ3v) is 3.56. The third kappa shape index (κ3) is 5.17. The molecule has 6 nitrogen and oxygen atoms in total. The number of hydrazine groups is 1. The van der Waals surface area contributed by atoms with Gasteiger partial charge in [0.2, 0.25) is 0 Å². The van der Waals surface area contributed by atoms with Gasteiger partial charge in [-0.2, -0.15) is 0 Å². The molecule has 130 valence electrons. The van der Waals surface area contributed by atoms with E-state index in [1.165, 1.54) is 6.92 Å². The molecule has 0 spiro atoms. The maximum atomic E-state index is 12.0. The van der Waals surface area contributed by atoms with Crippen molar-refractivity contribution < 1.29 is 19.1 Å². The molecule has 0 fully saturated rings. The average Bonchev–Trinajstić information content (AvgIpc) is 2.60. The summed E-state index contributed by atoms with van der Waals surface area (Å²) >= 11 is 0. The fourth-order valence-electron chi connectivity index (χ4n) is 2.02. The summed E-state index contributed by atoms with van der Waals surface area (Å²) in [5, 5.41) is 0. The van der Waals surface area contributed by atoms with Gasteiger partial charge in [0.1, 0.15) is 5.75 Å². The van der Waals surface area contributed by atoms with E-state index < -0.39 is 17.9 Å². The Morgan fingerprint density at radius 1 is 0.880 bits per heavy atom. The van der Waals surface area contributed by atoms with Crippen molar-refractivity contribution in [3.05, 3.63) is 65.2 Å². The van der Waals surface area contributed by atoms with Gasteiger partial charge in [0.25, 0.3) is 11.8 Å². The maximum absolute atomic E-state index is 12.0. The Balaban J connectivity index is 1.86. The van der Waals surface area contributed by atoms with E-state index in [2.05, 4.69) is 10.9 Å². The van der Waals surface area contributed by atoms with Crippen molar-refractivity contribution in [3.8, 4) is 5.75 Å². The highest BCUT2D eigenvalue weighted by atomic mass is 16.5. The molecule has 0 aliphatic carbocycles. The van der Waals surface area contributed by atoms with Crippen molar-refractivity contribution in [1.29, 1.82) is 0 Å². The minimum atomic E-state index is -0.818. The molecule has 2 amide bonds. The Morgan fingerprint density at radius 2 is 1.44 bits per heavy atom. The van der Waals surface area contributed by atoms with Crippen LogP contribution in [0.5, 0.6) is 5.75 Å². The number of hydrogen-bond donors (Lipinski definition) is 2. The summed E-state index contributed by atoms with van der Waals surface area (Å²) in [6.45, 7) is 4.96. The molecule has 6 heteroatoms. The van der Waals surface area contributed by atoms with E-state index in [1.807, 2.05) is 19.1 Å². The molecule has 0 aliphatic rings. The van der Waals surface area contributed by atoms with Gasteiger partial charge in [-0.1, -0.05) is 17.7 Å². The van der Waals surface area contributed by atoms with Gasteiger partial charge in [0.15, 0.2) is 11.9 Å². The Hall–Kier alpha value is -3.15. The van der Waals surface area contributed by atoms with Crippen molar-refractivity contribution >= 4 is 17.6 Å². The van der Waals surface area contributed by atoms with Gasteiger partial charge >= 0.3 is 0 Å². The van der Waals surface area contributed by atoms with Crippen LogP contribution in [-0.4, -0.2) is 23.7 Å². The molecule has 0 aliphatic heterocycles. The molecular formula is C19H20N2O4. The number of rotatable bonds is 5. The molecule has 1 unspecified atom stereocenters. The fourth-order valence-corrected chi connectivity index (χ4v) is 2.02. The predicted octanol–water partition coefficient (Wildman–Crippen LogP) is 2.43. The van der Waals surface area contributed by atoms with Crippen molar-refractivity contribution in [1.82, 2.24) is 10.9 Å². The first kappa shape index (κ1) is 18.2. The van der Waals surface area contributed by atoms with E-state index >= 15 is 0 Å². The Kier molecular flexibility index (Phi) is 5.89. The molecule has 2 rings (SSSR count). The molecule has 2 aromatic rings. The first-order valence-corrected chi connectivity index (χ1v) is 7.81. The quantitative estimate of drug-likeness (QED) is 0.647. The molecule has 2 aromatic carbocycles. The first-order chi connectivity index (χ1) is 11.9. The summed E-state index contributed by atoms with van der Waals surface area (Å²) < 4.78 is 5.49. The lowest BCUT2D eigenvalue weighted by Crippen LogP contribution is -2.47. The van der Waals surface area contributed by atoms with Crippen LogP contribution >= 0.6 is 0 Å². The van der Waals surface area contributed by atoms with Gasteiger partial charge in [-0.3, -0.25) is 25.2 Å². The van der Waals surface area contributed by atoms with E-state index in [1.54, 1.807) is 43.3 Å². The Labute approximate surface area is 146 Å². The number of ether oxygens (including phenoxy) is 1.